The normalized spacial score (nSPS) is 42.1. The number of morpholine rings is 1. The molecule has 1 aliphatic carbocycles. The van der Waals surface area contributed by atoms with Gasteiger partial charge in [-0.15, -0.1) is 0 Å². The number of rotatable bonds is 3. The Bertz CT molecular complexity index is 323. The number of nitrogens with one attached hydrogen (secondary N) is 1. The molecule has 4 unspecified atom stereocenters. The molecule has 1 saturated carbocycles. The molecule has 4 atom stereocenters. The van der Waals surface area contributed by atoms with Gasteiger partial charge in [0, 0.05) is 18.6 Å². The van der Waals surface area contributed by atoms with E-state index in [1.165, 1.54) is 0 Å². The second kappa shape index (κ2) is 5.15. The fraction of sp³-hybridized carbons (Fsp3) is 0.923. The Morgan fingerprint density at radius 2 is 2.22 bits per heavy atom. The van der Waals surface area contributed by atoms with E-state index in [4.69, 9.17) is 4.74 Å². The third-order valence-electron chi connectivity index (χ3n) is 4.50. The van der Waals surface area contributed by atoms with Crippen LogP contribution in [0.15, 0.2) is 0 Å². The molecule has 18 heavy (non-hydrogen) atoms. The van der Waals surface area contributed by atoms with Gasteiger partial charge in [0.1, 0.15) is 5.54 Å². The van der Waals surface area contributed by atoms with Crippen molar-refractivity contribution in [2.75, 3.05) is 20.2 Å². The first-order valence-corrected chi connectivity index (χ1v) is 6.78. The molecule has 0 amide bonds. The van der Waals surface area contributed by atoms with Crippen molar-refractivity contribution in [1.29, 1.82) is 0 Å². The van der Waals surface area contributed by atoms with Crippen LogP contribution in [0.4, 0.5) is 0 Å². The summed E-state index contributed by atoms with van der Waals surface area (Å²) in [6.07, 6.45) is 2.60. The lowest BCUT2D eigenvalue weighted by Gasteiger charge is -2.41. The molecule has 0 aromatic rings. The standard InChI is InChI=1S/C13H24N2O3/c1-9-8-18-10(2)7-15(9)11-4-5-13(6-11,14-3)12(16)17/h9-11,14H,4-8H2,1-3H3,(H,16,17). The van der Waals surface area contributed by atoms with Crippen LogP contribution in [0.5, 0.6) is 0 Å². The number of nitrogens with zero attached hydrogens (tertiary/aromatic N) is 1. The van der Waals surface area contributed by atoms with E-state index in [9.17, 15) is 9.90 Å². The van der Waals surface area contributed by atoms with Crippen molar-refractivity contribution in [3.63, 3.8) is 0 Å². The third-order valence-corrected chi connectivity index (χ3v) is 4.50. The number of carbonyl (C=O) groups is 1. The Hall–Kier alpha value is -0.650. The zero-order chi connectivity index (χ0) is 13.3. The van der Waals surface area contributed by atoms with Crippen molar-refractivity contribution in [2.24, 2.45) is 0 Å². The van der Waals surface area contributed by atoms with Crippen LogP contribution in [0, 0.1) is 0 Å². The summed E-state index contributed by atoms with van der Waals surface area (Å²) >= 11 is 0. The van der Waals surface area contributed by atoms with Crippen molar-refractivity contribution in [1.82, 2.24) is 10.2 Å². The molecule has 0 radical (unpaired) electrons. The lowest BCUT2D eigenvalue weighted by Crippen LogP contribution is -2.54. The minimum absolute atomic E-state index is 0.246. The maximum atomic E-state index is 11.4. The Balaban J connectivity index is 2.05. The SMILES string of the molecule is CNC1(C(=O)O)CCC(N2CC(C)OCC2C)C1. The van der Waals surface area contributed by atoms with Gasteiger partial charge in [0.2, 0.25) is 0 Å². The summed E-state index contributed by atoms with van der Waals surface area (Å²) in [6, 6.07) is 0.738. The Morgan fingerprint density at radius 1 is 1.50 bits per heavy atom. The number of hydrogen-bond donors (Lipinski definition) is 2. The van der Waals surface area contributed by atoms with E-state index in [1.54, 1.807) is 7.05 Å². The molecule has 1 aliphatic heterocycles. The van der Waals surface area contributed by atoms with Gasteiger partial charge < -0.3 is 15.2 Å². The Labute approximate surface area is 108 Å². The van der Waals surface area contributed by atoms with Crippen LogP contribution in [0.25, 0.3) is 0 Å². The van der Waals surface area contributed by atoms with Crippen LogP contribution < -0.4 is 5.32 Å². The largest absolute Gasteiger partial charge is 0.480 e. The monoisotopic (exact) mass is 256 g/mol. The molecule has 1 saturated heterocycles. The first-order valence-electron chi connectivity index (χ1n) is 6.78. The first-order chi connectivity index (χ1) is 8.48. The van der Waals surface area contributed by atoms with Crippen LogP contribution in [0.1, 0.15) is 33.1 Å². The first kappa shape index (κ1) is 13.8. The molecule has 0 bridgehead atoms. The molecule has 5 nitrogen and oxygen atoms in total. The smallest absolute Gasteiger partial charge is 0.323 e. The summed E-state index contributed by atoms with van der Waals surface area (Å²) in [5, 5.41) is 12.4. The molecule has 2 aliphatic rings. The van der Waals surface area contributed by atoms with Gasteiger partial charge in [-0.2, -0.15) is 0 Å². The molecule has 2 fully saturated rings. The predicted molar refractivity (Wildman–Crippen MR) is 68.6 cm³/mol. The zero-order valence-electron chi connectivity index (χ0n) is 11.5. The van der Waals surface area contributed by atoms with E-state index >= 15 is 0 Å². The summed E-state index contributed by atoms with van der Waals surface area (Å²) in [4.78, 5) is 13.8. The molecule has 0 spiro atoms. The number of likely N-dealkylation sites (N-methyl/N-ethyl adjacent to an activating group) is 1. The van der Waals surface area contributed by atoms with Crippen molar-refractivity contribution in [2.45, 2.75) is 56.8 Å². The van der Waals surface area contributed by atoms with Crippen molar-refractivity contribution >= 4 is 5.97 Å². The maximum absolute atomic E-state index is 11.4. The Morgan fingerprint density at radius 3 is 2.78 bits per heavy atom. The zero-order valence-corrected chi connectivity index (χ0v) is 11.5. The second-order valence-corrected chi connectivity index (χ2v) is 5.72. The average Bonchev–Trinajstić information content (AvgIpc) is 2.78. The summed E-state index contributed by atoms with van der Waals surface area (Å²) in [6.45, 7) is 5.89. The van der Waals surface area contributed by atoms with Gasteiger partial charge >= 0.3 is 5.97 Å². The van der Waals surface area contributed by atoms with E-state index in [0.29, 0.717) is 24.9 Å². The van der Waals surface area contributed by atoms with Crippen molar-refractivity contribution in [3.8, 4) is 0 Å². The minimum atomic E-state index is -0.730. The highest BCUT2D eigenvalue weighted by Crippen LogP contribution is 2.35. The van der Waals surface area contributed by atoms with Gasteiger partial charge in [0.15, 0.2) is 0 Å². The van der Waals surface area contributed by atoms with E-state index in [0.717, 1.165) is 19.6 Å². The van der Waals surface area contributed by atoms with E-state index in [1.807, 2.05) is 0 Å². The highest BCUT2D eigenvalue weighted by Gasteiger charge is 2.47. The number of aliphatic carboxylic acids is 1. The average molecular weight is 256 g/mol. The molecule has 104 valence electrons. The summed E-state index contributed by atoms with van der Waals surface area (Å²) in [5.41, 5.74) is -0.730. The third kappa shape index (κ3) is 2.39. The van der Waals surface area contributed by atoms with Gasteiger partial charge in [-0.1, -0.05) is 0 Å². The minimum Gasteiger partial charge on any atom is -0.480 e. The highest BCUT2D eigenvalue weighted by atomic mass is 16.5. The molecular formula is C13H24N2O3. The molecular weight excluding hydrogens is 232 g/mol. The maximum Gasteiger partial charge on any atom is 0.323 e. The van der Waals surface area contributed by atoms with Gasteiger partial charge in [0.05, 0.1) is 12.7 Å². The van der Waals surface area contributed by atoms with Crippen LogP contribution >= 0.6 is 0 Å². The molecule has 0 aromatic carbocycles. The number of carboxylic acid groups (broad SMARTS) is 1. The number of ether oxygens (including phenoxy) is 1. The second-order valence-electron chi connectivity index (χ2n) is 5.72. The topological polar surface area (TPSA) is 61.8 Å². The Kier molecular flexibility index (Phi) is 3.94. The lowest BCUT2D eigenvalue weighted by atomic mass is 9.97. The van der Waals surface area contributed by atoms with Crippen LogP contribution in [0.2, 0.25) is 0 Å². The van der Waals surface area contributed by atoms with Gasteiger partial charge in [-0.3, -0.25) is 9.69 Å². The summed E-state index contributed by atoms with van der Waals surface area (Å²) in [7, 11) is 1.75. The van der Waals surface area contributed by atoms with Crippen molar-refractivity contribution < 1.29 is 14.6 Å². The molecule has 0 aromatic heterocycles. The summed E-state index contributed by atoms with van der Waals surface area (Å²) < 4.78 is 5.63. The van der Waals surface area contributed by atoms with Crippen LogP contribution in [0.3, 0.4) is 0 Å². The lowest BCUT2D eigenvalue weighted by molar-refractivity contribution is -0.144. The van der Waals surface area contributed by atoms with Gasteiger partial charge in [-0.05, 0) is 40.2 Å². The summed E-state index contributed by atoms with van der Waals surface area (Å²) in [5.74, 6) is -0.721. The molecule has 5 heteroatoms. The van der Waals surface area contributed by atoms with Crippen LogP contribution in [-0.2, 0) is 9.53 Å². The number of hydrogen-bond acceptors (Lipinski definition) is 4. The fourth-order valence-electron chi connectivity index (χ4n) is 3.27. The quantitative estimate of drug-likeness (QED) is 0.778. The van der Waals surface area contributed by atoms with Crippen molar-refractivity contribution in [3.05, 3.63) is 0 Å². The predicted octanol–water partition coefficient (Wildman–Crippen LogP) is 0.691. The number of carboxylic acids is 1. The molecule has 2 N–H and O–H groups in total. The molecule has 2 rings (SSSR count). The van der Waals surface area contributed by atoms with E-state index in [-0.39, 0.29) is 6.10 Å². The van der Waals surface area contributed by atoms with E-state index < -0.39 is 11.5 Å². The fourth-order valence-corrected chi connectivity index (χ4v) is 3.27. The highest BCUT2D eigenvalue weighted by molar-refractivity contribution is 5.79. The molecule has 1 heterocycles. The van der Waals surface area contributed by atoms with E-state index in [2.05, 4.69) is 24.1 Å². The van der Waals surface area contributed by atoms with Crippen LogP contribution in [-0.4, -0.2) is 59.9 Å². The van der Waals surface area contributed by atoms with Gasteiger partial charge in [0.25, 0.3) is 0 Å². The van der Waals surface area contributed by atoms with Gasteiger partial charge in [-0.25, -0.2) is 0 Å².